The lowest BCUT2D eigenvalue weighted by molar-refractivity contribution is -0.138. The molecule has 0 aliphatic rings. The van der Waals surface area contributed by atoms with Crippen LogP contribution in [0.5, 0.6) is 0 Å². The highest BCUT2D eigenvalue weighted by molar-refractivity contribution is 5.95. The van der Waals surface area contributed by atoms with Gasteiger partial charge in [-0.2, -0.15) is 5.26 Å². The number of carbonyl (C=O) groups excluding carboxylic acids is 2. The molecule has 0 fully saturated rings. The zero-order chi connectivity index (χ0) is 17.1. The van der Waals surface area contributed by atoms with E-state index in [2.05, 4.69) is 17.6 Å². The van der Waals surface area contributed by atoms with Crippen LogP contribution in [0.25, 0.3) is 0 Å². The van der Waals surface area contributed by atoms with Gasteiger partial charge >= 0.3 is 5.97 Å². The van der Waals surface area contributed by atoms with Crippen molar-refractivity contribution in [3.8, 4) is 6.07 Å². The van der Waals surface area contributed by atoms with Gasteiger partial charge in [0, 0.05) is 24.0 Å². The third kappa shape index (κ3) is 6.22. The summed E-state index contributed by atoms with van der Waals surface area (Å²) in [5.74, 6) is -0.840. The zero-order valence-electron chi connectivity index (χ0n) is 13.4. The maximum absolute atomic E-state index is 12.0. The summed E-state index contributed by atoms with van der Waals surface area (Å²) in [5, 5.41) is 14.6. The summed E-state index contributed by atoms with van der Waals surface area (Å²) < 4.78 is 4.77. The van der Waals surface area contributed by atoms with E-state index in [1.807, 2.05) is 0 Å². The Morgan fingerprint density at radius 2 is 2.13 bits per heavy atom. The molecule has 0 bridgehead atoms. The molecule has 23 heavy (non-hydrogen) atoms. The van der Waals surface area contributed by atoms with E-state index >= 15 is 0 Å². The van der Waals surface area contributed by atoms with E-state index < -0.39 is 5.97 Å². The number of benzene rings is 1. The first-order valence-corrected chi connectivity index (χ1v) is 7.54. The fourth-order valence-corrected chi connectivity index (χ4v) is 1.73. The van der Waals surface area contributed by atoms with Gasteiger partial charge in [-0.1, -0.05) is 19.4 Å². The van der Waals surface area contributed by atoms with Crippen molar-refractivity contribution in [2.75, 3.05) is 18.5 Å². The Morgan fingerprint density at radius 3 is 2.78 bits per heavy atom. The predicted octanol–water partition coefficient (Wildman–Crippen LogP) is 2.60. The molecular formula is C17H21N3O3. The van der Waals surface area contributed by atoms with E-state index in [-0.39, 0.29) is 18.1 Å². The van der Waals surface area contributed by atoms with Crippen molar-refractivity contribution in [2.24, 2.45) is 0 Å². The molecule has 6 heteroatoms. The molecule has 0 aliphatic carbocycles. The van der Waals surface area contributed by atoms with Crippen molar-refractivity contribution < 1.29 is 14.3 Å². The highest BCUT2D eigenvalue weighted by Crippen LogP contribution is 2.11. The Kier molecular flexibility index (Phi) is 7.94. The van der Waals surface area contributed by atoms with Gasteiger partial charge in [0.15, 0.2) is 5.57 Å². The van der Waals surface area contributed by atoms with Crippen LogP contribution in [0.4, 0.5) is 5.69 Å². The Morgan fingerprint density at radius 1 is 1.35 bits per heavy atom. The Bertz CT molecular complexity index is 618. The highest BCUT2D eigenvalue weighted by Gasteiger charge is 2.09. The summed E-state index contributed by atoms with van der Waals surface area (Å²) in [7, 11) is 0. The lowest BCUT2D eigenvalue weighted by Crippen LogP contribution is -2.24. The molecule has 1 amide bonds. The molecule has 1 aromatic rings. The second-order valence-electron chi connectivity index (χ2n) is 4.72. The number of unbranched alkanes of at least 4 members (excludes halogenated alkanes) is 1. The fourth-order valence-electron chi connectivity index (χ4n) is 1.73. The topological polar surface area (TPSA) is 91.2 Å². The molecule has 6 nitrogen and oxygen atoms in total. The summed E-state index contributed by atoms with van der Waals surface area (Å²) in [6.45, 7) is 4.56. The molecule has 0 saturated heterocycles. The van der Waals surface area contributed by atoms with Crippen LogP contribution in [0.2, 0.25) is 0 Å². The van der Waals surface area contributed by atoms with E-state index in [4.69, 9.17) is 10.00 Å². The van der Waals surface area contributed by atoms with E-state index in [1.54, 1.807) is 37.3 Å². The number of nitriles is 1. The number of nitrogens with zero attached hydrogens (tertiary/aromatic N) is 1. The standard InChI is InChI=1S/C17H21N3O3/c1-3-5-9-19-16(21)13-7-6-8-15(10-13)20-12-14(11-18)17(22)23-4-2/h6-8,10,12,20H,3-5,9H2,1-2H3,(H,19,21)/b14-12+. The number of hydrogen-bond acceptors (Lipinski definition) is 5. The van der Waals surface area contributed by atoms with Crippen molar-refractivity contribution >= 4 is 17.6 Å². The summed E-state index contributed by atoms with van der Waals surface area (Å²) in [4.78, 5) is 23.5. The van der Waals surface area contributed by atoms with Crippen LogP contribution >= 0.6 is 0 Å². The van der Waals surface area contributed by atoms with E-state index in [0.717, 1.165) is 12.8 Å². The zero-order valence-corrected chi connectivity index (χ0v) is 13.4. The predicted molar refractivity (Wildman–Crippen MR) is 87.6 cm³/mol. The number of rotatable bonds is 8. The lowest BCUT2D eigenvalue weighted by atomic mass is 10.2. The average Bonchev–Trinajstić information content (AvgIpc) is 2.56. The van der Waals surface area contributed by atoms with Gasteiger partial charge in [-0.25, -0.2) is 4.79 Å². The van der Waals surface area contributed by atoms with Gasteiger partial charge in [0.05, 0.1) is 6.61 Å². The molecule has 0 atom stereocenters. The second-order valence-corrected chi connectivity index (χ2v) is 4.72. The summed E-state index contributed by atoms with van der Waals surface area (Å²) >= 11 is 0. The largest absolute Gasteiger partial charge is 0.462 e. The first kappa shape index (κ1) is 18.2. The minimum absolute atomic E-state index is 0.135. The normalized spacial score (nSPS) is 10.6. The monoisotopic (exact) mass is 315 g/mol. The number of esters is 1. The van der Waals surface area contributed by atoms with E-state index in [9.17, 15) is 9.59 Å². The van der Waals surface area contributed by atoms with Gasteiger partial charge in [0.1, 0.15) is 6.07 Å². The first-order chi connectivity index (χ1) is 11.1. The molecule has 0 aromatic heterocycles. The van der Waals surface area contributed by atoms with Crippen molar-refractivity contribution in [2.45, 2.75) is 26.7 Å². The lowest BCUT2D eigenvalue weighted by Gasteiger charge is -2.07. The van der Waals surface area contributed by atoms with Gasteiger partial charge in [-0.3, -0.25) is 4.79 Å². The Balaban J connectivity index is 2.75. The van der Waals surface area contributed by atoms with Crippen LogP contribution in [0.1, 0.15) is 37.0 Å². The van der Waals surface area contributed by atoms with Crippen LogP contribution < -0.4 is 10.6 Å². The molecule has 0 radical (unpaired) electrons. The van der Waals surface area contributed by atoms with Crippen LogP contribution in [-0.2, 0) is 9.53 Å². The molecule has 0 spiro atoms. The first-order valence-electron chi connectivity index (χ1n) is 7.54. The van der Waals surface area contributed by atoms with Gasteiger partial charge < -0.3 is 15.4 Å². The Labute approximate surface area is 136 Å². The van der Waals surface area contributed by atoms with Crippen molar-refractivity contribution in [1.82, 2.24) is 5.32 Å². The summed E-state index contributed by atoms with van der Waals surface area (Å²) in [6.07, 6.45) is 3.21. The van der Waals surface area contributed by atoms with Gasteiger partial charge in [0.25, 0.3) is 5.91 Å². The molecule has 1 rings (SSSR count). The summed E-state index contributed by atoms with van der Waals surface area (Å²) in [5.41, 5.74) is 0.976. The van der Waals surface area contributed by atoms with E-state index in [0.29, 0.717) is 17.8 Å². The number of nitrogens with one attached hydrogen (secondary N) is 2. The van der Waals surface area contributed by atoms with Crippen molar-refractivity contribution in [3.05, 3.63) is 41.6 Å². The second kappa shape index (κ2) is 10.0. The van der Waals surface area contributed by atoms with Crippen LogP contribution in [0.3, 0.4) is 0 Å². The Hall–Kier alpha value is -2.81. The SMILES string of the molecule is CCCCNC(=O)c1cccc(N/C=C(\C#N)C(=O)OCC)c1. The van der Waals surface area contributed by atoms with Crippen LogP contribution in [0, 0.1) is 11.3 Å². The van der Waals surface area contributed by atoms with Crippen molar-refractivity contribution in [1.29, 1.82) is 5.26 Å². The third-order valence-corrected chi connectivity index (χ3v) is 2.94. The number of anilines is 1. The van der Waals surface area contributed by atoms with Crippen LogP contribution in [-0.4, -0.2) is 25.0 Å². The average molecular weight is 315 g/mol. The fraction of sp³-hybridized carbons (Fsp3) is 0.353. The maximum atomic E-state index is 12.0. The molecule has 122 valence electrons. The highest BCUT2D eigenvalue weighted by atomic mass is 16.5. The number of hydrogen-bond donors (Lipinski definition) is 2. The maximum Gasteiger partial charge on any atom is 0.350 e. The third-order valence-electron chi connectivity index (χ3n) is 2.94. The molecule has 1 aromatic carbocycles. The molecule has 0 saturated carbocycles. The molecule has 2 N–H and O–H groups in total. The number of carbonyl (C=O) groups is 2. The number of amides is 1. The van der Waals surface area contributed by atoms with Crippen LogP contribution in [0.15, 0.2) is 36.0 Å². The van der Waals surface area contributed by atoms with Crippen molar-refractivity contribution in [3.63, 3.8) is 0 Å². The quantitative estimate of drug-likeness (QED) is 0.333. The number of ether oxygens (including phenoxy) is 1. The summed E-state index contributed by atoms with van der Waals surface area (Å²) in [6, 6.07) is 8.58. The van der Waals surface area contributed by atoms with E-state index in [1.165, 1.54) is 6.20 Å². The molecule has 0 aliphatic heterocycles. The van der Waals surface area contributed by atoms with Gasteiger partial charge in [-0.15, -0.1) is 0 Å². The molecule has 0 heterocycles. The smallest absolute Gasteiger partial charge is 0.350 e. The molecular weight excluding hydrogens is 294 g/mol. The van der Waals surface area contributed by atoms with Gasteiger partial charge in [0.2, 0.25) is 0 Å². The minimum atomic E-state index is -0.684. The molecule has 0 unspecified atom stereocenters. The minimum Gasteiger partial charge on any atom is -0.462 e. The van der Waals surface area contributed by atoms with Gasteiger partial charge in [-0.05, 0) is 31.5 Å².